The lowest BCUT2D eigenvalue weighted by Crippen LogP contribution is -2.11. The normalized spacial score (nSPS) is 10.8. The largest absolute Gasteiger partial charge is 0.344 e. The third-order valence-electron chi connectivity index (χ3n) is 2.44. The minimum absolute atomic E-state index is 0.854. The molecule has 0 aliphatic heterocycles. The molecule has 0 bridgehead atoms. The Morgan fingerprint density at radius 3 is 2.83 bits per heavy atom. The molecule has 5 heteroatoms. The molecule has 2 N–H and O–H groups in total. The van der Waals surface area contributed by atoms with Gasteiger partial charge >= 0.3 is 0 Å². The van der Waals surface area contributed by atoms with Gasteiger partial charge in [-0.25, -0.2) is 4.98 Å². The smallest absolute Gasteiger partial charge is 0.116 e. The molecule has 3 nitrogen and oxygen atoms in total. The van der Waals surface area contributed by atoms with Gasteiger partial charge in [0.2, 0.25) is 0 Å². The molecule has 0 aliphatic rings. The second-order valence-corrected chi connectivity index (χ2v) is 5.84. The average Bonchev–Trinajstić information content (AvgIpc) is 2.84. The van der Waals surface area contributed by atoms with Gasteiger partial charge in [0.05, 0.1) is 5.75 Å². The highest BCUT2D eigenvalue weighted by Crippen LogP contribution is 2.23. The average molecular weight is 326 g/mol. The van der Waals surface area contributed by atoms with Crippen LogP contribution in [0.15, 0.2) is 39.8 Å². The van der Waals surface area contributed by atoms with E-state index in [1.165, 1.54) is 4.90 Å². The lowest BCUT2D eigenvalue weighted by atomic mass is 10.4. The van der Waals surface area contributed by atoms with Gasteiger partial charge in [-0.1, -0.05) is 22.9 Å². The van der Waals surface area contributed by atoms with Gasteiger partial charge in [-0.15, -0.1) is 11.8 Å². The van der Waals surface area contributed by atoms with Crippen LogP contribution < -0.4 is 5.32 Å². The van der Waals surface area contributed by atoms with Gasteiger partial charge in [-0.05, 0) is 30.8 Å². The molecule has 96 valence electrons. The van der Waals surface area contributed by atoms with E-state index in [9.17, 15) is 0 Å². The van der Waals surface area contributed by atoms with Crippen LogP contribution in [0.4, 0.5) is 0 Å². The molecule has 2 rings (SSSR count). The lowest BCUT2D eigenvalue weighted by Gasteiger charge is -2.00. The van der Waals surface area contributed by atoms with Crippen LogP contribution in [0.5, 0.6) is 0 Å². The minimum atomic E-state index is 0.854. The number of aromatic amines is 1. The molecule has 0 saturated carbocycles. The minimum Gasteiger partial charge on any atom is -0.344 e. The fourth-order valence-corrected chi connectivity index (χ4v) is 2.55. The topological polar surface area (TPSA) is 40.7 Å². The molecule has 1 heterocycles. The van der Waals surface area contributed by atoms with Crippen LogP contribution in [-0.2, 0) is 12.3 Å². The van der Waals surface area contributed by atoms with Crippen molar-refractivity contribution in [2.75, 3.05) is 6.54 Å². The first-order valence-corrected chi connectivity index (χ1v) is 7.67. The number of imidazole rings is 1. The van der Waals surface area contributed by atoms with Crippen molar-refractivity contribution in [3.63, 3.8) is 0 Å². The summed E-state index contributed by atoms with van der Waals surface area (Å²) in [4.78, 5) is 8.95. The first kappa shape index (κ1) is 13.6. The number of hydrogen-bond donors (Lipinski definition) is 2. The molecule has 0 unspecified atom stereocenters. The Bertz CT molecular complexity index is 481. The van der Waals surface area contributed by atoms with Crippen LogP contribution in [-0.4, -0.2) is 16.5 Å². The van der Waals surface area contributed by atoms with Gasteiger partial charge in [0.15, 0.2) is 0 Å². The number of rotatable bonds is 6. The van der Waals surface area contributed by atoms with E-state index in [1.807, 2.05) is 6.20 Å². The maximum atomic E-state index is 4.38. The van der Waals surface area contributed by atoms with Crippen molar-refractivity contribution in [1.82, 2.24) is 15.3 Å². The van der Waals surface area contributed by atoms with Crippen LogP contribution in [0.1, 0.15) is 18.4 Å². The van der Waals surface area contributed by atoms with Gasteiger partial charge < -0.3 is 10.3 Å². The van der Waals surface area contributed by atoms with Gasteiger partial charge in [0, 0.05) is 27.8 Å². The predicted octanol–water partition coefficient (Wildman–Crippen LogP) is 3.57. The monoisotopic (exact) mass is 325 g/mol. The molecule has 2 aromatic rings. The third kappa shape index (κ3) is 4.15. The summed E-state index contributed by atoms with van der Waals surface area (Å²) in [5.74, 6) is 1.89. The third-order valence-corrected chi connectivity index (χ3v) is 3.99. The summed E-state index contributed by atoms with van der Waals surface area (Å²) in [5, 5.41) is 3.27. The van der Waals surface area contributed by atoms with E-state index >= 15 is 0 Å². The zero-order valence-electron chi connectivity index (χ0n) is 10.2. The van der Waals surface area contributed by atoms with Crippen molar-refractivity contribution in [2.45, 2.75) is 24.1 Å². The predicted molar refractivity (Wildman–Crippen MR) is 79.7 cm³/mol. The number of thioether (sulfide) groups is 1. The van der Waals surface area contributed by atoms with Crippen LogP contribution in [0.3, 0.4) is 0 Å². The number of H-pyrrole nitrogens is 1. The van der Waals surface area contributed by atoms with Crippen molar-refractivity contribution < 1.29 is 0 Å². The maximum absolute atomic E-state index is 4.38. The molecule has 0 radical (unpaired) electrons. The molecule has 18 heavy (non-hydrogen) atoms. The Morgan fingerprint density at radius 2 is 2.11 bits per heavy atom. The van der Waals surface area contributed by atoms with Crippen molar-refractivity contribution in [1.29, 1.82) is 0 Å². The second kappa shape index (κ2) is 6.97. The molecule has 0 amide bonds. The number of nitrogens with one attached hydrogen (secondary N) is 2. The highest BCUT2D eigenvalue weighted by atomic mass is 79.9. The Labute approximate surface area is 120 Å². The molecule has 0 spiro atoms. The molecule has 0 aliphatic carbocycles. The van der Waals surface area contributed by atoms with Crippen LogP contribution in [0.25, 0.3) is 0 Å². The van der Waals surface area contributed by atoms with E-state index in [0.717, 1.165) is 34.8 Å². The lowest BCUT2D eigenvalue weighted by molar-refractivity contribution is 0.713. The number of benzene rings is 1. The van der Waals surface area contributed by atoms with Crippen molar-refractivity contribution in [3.05, 3.63) is 46.5 Å². The molecular weight excluding hydrogens is 310 g/mol. The maximum Gasteiger partial charge on any atom is 0.116 e. The fraction of sp³-hybridized carbons (Fsp3) is 0.308. The van der Waals surface area contributed by atoms with Crippen LogP contribution >= 0.6 is 27.7 Å². The Hall–Kier alpha value is -0.780. The van der Waals surface area contributed by atoms with Crippen molar-refractivity contribution in [2.24, 2.45) is 0 Å². The van der Waals surface area contributed by atoms with Crippen molar-refractivity contribution >= 4 is 27.7 Å². The highest BCUT2D eigenvalue weighted by Gasteiger charge is 2.01. The van der Waals surface area contributed by atoms with E-state index in [-0.39, 0.29) is 0 Å². The summed E-state index contributed by atoms with van der Waals surface area (Å²) < 4.78 is 1.11. The highest BCUT2D eigenvalue weighted by molar-refractivity contribution is 9.10. The zero-order valence-corrected chi connectivity index (χ0v) is 12.6. The first-order valence-electron chi connectivity index (χ1n) is 5.89. The molecule has 1 aromatic heterocycles. The molecule has 0 fully saturated rings. The first-order chi connectivity index (χ1) is 8.78. The van der Waals surface area contributed by atoms with Gasteiger partial charge in [-0.3, -0.25) is 0 Å². The van der Waals surface area contributed by atoms with Gasteiger partial charge in [0.1, 0.15) is 5.82 Å². The SMILES string of the molecule is CCNCc1cnc(CSc2ccc(Br)cc2)[nH]1. The Morgan fingerprint density at radius 1 is 1.33 bits per heavy atom. The summed E-state index contributed by atoms with van der Waals surface area (Å²) in [6.45, 7) is 3.93. The molecular formula is C13H16BrN3S. The van der Waals surface area contributed by atoms with Gasteiger partial charge in [0.25, 0.3) is 0 Å². The van der Waals surface area contributed by atoms with Crippen LogP contribution in [0, 0.1) is 0 Å². The number of halogens is 1. The van der Waals surface area contributed by atoms with E-state index in [4.69, 9.17) is 0 Å². The zero-order chi connectivity index (χ0) is 12.8. The Balaban J connectivity index is 1.86. The standard InChI is InChI=1S/C13H16BrN3S/c1-2-15-7-11-8-16-13(17-11)9-18-12-5-3-10(14)4-6-12/h3-6,8,15H,2,7,9H2,1H3,(H,16,17). The summed E-state index contributed by atoms with van der Waals surface area (Å²) in [6.07, 6.45) is 1.90. The summed E-state index contributed by atoms with van der Waals surface area (Å²) >= 11 is 5.22. The molecule has 1 aromatic carbocycles. The molecule has 0 atom stereocenters. The van der Waals surface area contributed by atoms with Crippen LogP contribution in [0.2, 0.25) is 0 Å². The summed E-state index contributed by atoms with van der Waals surface area (Å²) in [5.41, 5.74) is 1.14. The number of hydrogen-bond acceptors (Lipinski definition) is 3. The summed E-state index contributed by atoms with van der Waals surface area (Å²) in [7, 11) is 0. The second-order valence-electron chi connectivity index (χ2n) is 3.88. The fourth-order valence-electron chi connectivity index (χ4n) is 1.51. The van der Waals surface area contributed by atoms with E-state index < -0.39 is 0 Å². The molecule has 0 saturated heterocycles. The van der Waals surface area contributed by atoms with E-state index in [1.54, 1.807) is 11.8 Å². The van der Waals surface area contributed by atoms with Gasteiger partial charge in [-0.2, -0.15) is 0 Å². The number of aromatic nitrogens is 2. The van der Waals surface area contributed by atoms with E-state index in [0.29, 0.717) is 0 Å². The summed E-state index contributed by atoms with van der Waals surface area (Å²) in [6, 6.07) is 8.33. The quantitative estimate of drug-likeness (QED) is 0.797. The Kier molecular flexibility index (Phi) is 5.28. The van der Waals surface area contributed by atoms with E-state index in [2.05, 4.69) is 62.4 Å². The van der Waals surface area contributed by atoms with Crippen molar-refractivity contribution in [3.8, 4) is 0 Å². The number of nitrogens with zero attached hydrogens (tertiary/aromatic N) is 1.